The number of halogens is 1. The topological polar surface area (TPSA) is 78.2 Å². The van der Waals surface area contributed by atoms with Gasteiger partial charge in [-0.1, -0.05) is 29.3 Å². The van der Waals surface area contributed by atoms with Crippen LogP contribution in [0.25, 0.3) is 0 Å². The van der Waals surface area contributed by atoms with E-state index in [2.05, 4.69) is 33.1 Å². The van der Waals surface area contributed by atoms with E-state index >= 15 is 0 Å². The van der Waals surface area contributed by atoms with E-state index in [4.69, 9.17) is 17.3 Å². The Labute approximate surface area is 188 Å². The predicted octanol–water partition coefficient (Wildman–Crippen LogP) is 3.62. The highest BCUT2D eigenvalue weighted by molar-refractivity contribution is 6.30. The lowest BCUT2D eigenvalue weighted by Crippen LogP contribution is -2.49. The van der Waals surface area contributed by atoms with Crippen molar-refractivity contribution < 1.29 is 4.79 Å². The number of aromatic amines is 1. The number of H-pyrrole nitrogens is 1. The molecule has 3 N–H and O–H groups in total. The Balaban J connectivity index is 1.43. The van der Waals surface area contributed by atoms with Gasteiger partial charge in [-0.05, 0) is 61.2 Å². The minimum absolute atomic E-state index is 0.218. The van der Waals surface area contributed by atoms with Gasteiger partial charge in [0.15, 0.2) is 0 Å². The molecule has 31 heavy (non-hydrogen) atoms. The van der Waals surface area contributed by atoms with Crippen molar-refractivity contribution in [3.63, 3.8) is 0 Å². The summed E-state index contributed by atoms with van der Waals surface area (Å²) < 4.78 is 0. The van der Waals surface area contributed by atoms with Crippen LogP contribution in [0.4, 0.5) is 0 Å². The summed E-state index contributed by atoms with van der Waals surface area (Å²) in [6.45, 7) is 3.29. The number of benzene rings is 1. The van der Waals surface area contributed by atoms with E-state index in [1.54, 1.807) is 18.7 Å². The van der Waals surface area contributed by atoms with Gasteiger partial charge in [-0.15, -0.1) is 0 Å². The van der Waals surface area contributed by atoms with E-state index < -0.39 is 0 Å². The summed E-state index contributed by atoms with van der Waals surface area (Å²) in [6.07, 6.45) is 13.3. The lowest BCUT2D eigenvalue weighted by molar-refractivity contribution is -0.133. The quantitative estimate of drug-likeness (QED) is 0.697. The number of nitrogens with zero attached hydrogens (tertiary/aromatic N) is 3. The molecule has 1 amide bonds. The summed E-state index contributed by atoms with van der Waals surface area (Å²) >= 11 is 6.30. The van der Waals surface area contributed by atoms with Crippen molar-refractivity contribution in [1.82, 2.24) is 19.8 Å². The van der Waals surface area contributed by atoms with E-state index in [9.17, 15) is 4.79 Å². The van der Waals surface area contributed by atoms with Crippen LogP contribution < -0.4 is 5.73 Å². The third-order valence-electron chi connectivity index (χ3n) is 6.35. The van der Waals surface area contributed by atoms with Gasteiger partial charge in [0, 0.05) is 55.6 Å². The molecule has 2 aromatic rings. The second-order valence-electron chi connectivity index (χ2n) is 8.27. The molecular formula is C24H30ClN5O. The van der Waals surface area contributed by atoms with Crippen LogP contribution in [0.5, 0.6) is 0 Å². The van der Waals surface area contributed by atoms with Gasteiger partial charge in [0.2, 0.25) is 5.91 Å². The maximum absolute atomic E-state index is 12.7. The number of fused-ring (bicyclic) bond motifs is 1. The van der Waals surface area contributed by atoms with Crippen molar-refractivity contribution in [2.45, 2.75) is 38.1 Å². The zero-order chi connectivity index (χ0) is 21.6. The molecule has 6 nitrogen and oxygen atoms in total. The Morgan fingerprint density at radius 2 is 2.10 bits per heavy atom. The Bertz CT molecular complexity index is 945. The molecule has 7 heteroatoms. The highest BCUT2D eigenvalue weighted by Gasteiger charge is 2.30. The number of imidazole rings is 1. The minimum atomic E-state index is 0.218. The Kier molecular flexibility index (Phi) is 7.10. The number of carbonyl (C=O) groups excluding carboxylic acids is 1. The number of rotatable bonds is 5. The number of carbonyl (C=O) groups is 1. The molecular weight excluding hydrogens is 410 g/mol. The van der Waals surface area contributed by atoms with Crippen molar-refractivity contribution in [3.8, 4) is 0 Å². The van der Waals surface area contributed by atoms with Crippen LogP contribution in [0, 0.1) is 0 Å². The highest BCUT2D eigenvalue weighted by atomic mass is 35.5. The fourth-order valence-corrected chi connectivity index (χ4v) is 4.84. The number of piperazine rings is 1. The van der Waals surface area contributed by atoms with Gasteiger partial charge in [0.25, 0.3) is 0 Å². The molecule has 2 heterocycles. The molecule has 1 fully saturated rings. The Morgan fingerprint density at radius 1 is 1.26 bits per heavy atom. The predicted molar refractivity (Wildman–Crippen MR) is 124 cm³/mol. The molecule has 1 aliphatic carbocycles. The van der Waals surface area contributed by atoms with Gasteiger partial charge in [-0.3, -0.25) is 9.69 Å². The summed E-state index contributed by atoms with van der Waals surface area (Å²) in [5, 5.41) is 0.791. The van der Waals surface area contributed by atoms with Crippen molar-refractivity contribution in [3.05, 3.63) is 76.5 Å². The number of nitrogens with two attached hydrogens (primary N) is 1. The van der Waals surface area contributed by atoms with Crippen molar-refractivity contribution >= 4 is 17.5 Å². The monoisotopic (exact) mass is 439 g/mol. The maximum atomic E-state index is 12.7. The third kappa shape index (κ3) is 5.38. The number of hydrogen-bond acceptors (Lipinski definition) is 4. The second-order valence-corrected chi connectivity index (χ2v) is 8.70. The van der Waals surface area contributed by atoms with Crippen LogP contribution in [0.1, 0.15) is 42.1 Å². The number of aromatic nitrogens is 2. The van der Waals surface area contributed by atoms with Crippen molar-refractivity contribution in [2.75, 3.05) is 26.2 Å². The molecule has 0 spiro atoms. The fourth-order valence-electron chi connectivity index (χ4n) is 4.64. The molecule has 0 bridgehead atoms. The van der Waals surface area contributed by atoms with Gasteiger partial charge >= 0.3 is 0 Å². The molecule has 2 aliphatic rings. The lowest BCUT2D eigenvalue weighted by Gasteiger charge is -2.40. The molecule has 1 unspecified atom stereocenters. The standard InChI is InChI=1S/C24H30ClN5O/c25-20-5-7-22-19(15-20)4-3-18(2-1-9-26)14-23(22)29-10-12-30(13-11-29)24(31)8-6-21-16-27-17-28-21/h1-2,5,7,9,15-17,23H,3-4,6,8,10-14,26H2,(H,27,28)/b9-1-,18-2-. The first-order valence-corrected chi connectivity index (χ1v) is 11.4. The normalized spacial score (nSPS) is 21.4. The first kappa shape index (κ1) is 21.7. The van der Waals surface area contributed by atoms with Crippen LogP contribution in [0.15, 0.2) is 54.6 Å². The van der Waals surface area contributed by atoms with E-state index in [0.29, 0.717) is 18.9 Å². The minimum Gasteiger partial charge on any atom is -0.405 e. The Morgan fingerprint density at radius 3 is 2.84 bits per heavy atom. The van der Waals surface area contributed by atoms with E-state index in [-0.39, 0.29) is 5.91 Å². The number of aryl methyl sites for hydroxylation is 2. The average molecular weight is 440 g/mol. The average Bonchev–Trinajstić information content (AvgIpc) is 3.25. The molecule has 0 saturated carbocycles. The van der Waals surface area contributed by atoms with Crippen molar-refractivity contribution in [1.29, 1.82) is 0 Å². The van der Waals surface area contributed by atoms with E-state index in [1.807, 2.05) is 17.0 Å². The van der Waals surface area contributed by atoms with Gasteiger partial charge in [-0.2, -0.15) is 0 Å². The van der Waals surface area contributed by atoms with Crippen molar-refractivity contribution in [2.24, 2.45) is 5.73 Å². The third-order valence-corrected chi connectivity index (χ3v) is 6.58. The number of hydrogen-bond donors (Lipinski definition) is 2. The summed E-state index contributed by atoms with van der Waals surface area (Å²) in [6, 6.07) is 6.60. The summed E-state index contributed by atoms with van der Waals surface area (Å²) in [5.41, 5.74) is 10.7. The second kappa shape index (κ2) is 10.2. The summed E-state index contributed by atoms with van der Waals surface area (Å²) in [5.74, 6) is 0.218. The zero-order valence-electron chi connectivity index (χ0n) is 17.8. The van der Waals surface area contributed by atoms with E-state index in [0.717, 1.165) is 56.2 Å². The van der Waals surface area contributed by atoms with Gasteiger partial charge in [0.05, 0.1) is 6.33 Å². The fraction of sp³-hybridized carbons (Fsp3) is 0.417. The molecule has 1 atom stereocenters. The number of amides is 1. The largest absolute Gasteiger partial charge is 0.405 e. The van der Waals surface area contributed by atoms with Gasteiger partial charge < -0.3 is 15.6 Å². The summed E-state index contributed by atoms with van der Waals surface area (Å²) in [4.78, 5) is 24.3. The first-order chi connectivity index (χ1) is 15.1. The molecule has 164 valence electrons. The van der Waals surface area contributed by atoms with Crippen LogP contribution in [-0.4, -0.2) is 51.9 Å². The smallest absolute Gasteiger partial charge is 0.223 e. The SMILES string of the molecule is N/C=C\C=C1\CCc2cc(Cl)ccc2C(N2CCN(C(=O)CCc3cnc[nH]3)CC2)C1. The van der Waals surface area contributed by atoms with E-state index in [1.165, 1.54) is 16.7 Å². The molecule has 1 saturated heterocycles. The first-order valence-electron chi connectivity index (χ1n) is 11.0. The van der Waals surface area contributed by atoms with Crippen LogP contribution in [-0.2, 0) is 17.6 Å². The Hall–Kier alpha value is -2.57. The molecule has 0 radical (unpaired) electrons. The molecule has 1 aromatic heterocycles. The van der Waals surface area contributed by atoms with Gasteiger partial charge in [0.1, 0.15) is 0 Å². The molecule has 1 aromatic carbocycles. The van der Waals surface area contributed by atoms with Gasteiger partial charge in [-0.25, -0.2) is 4.98 Å². The maximum Gasteiger partial charge on any atom is 0.223 e. The van der Waals surface area contributed by atoms with Crippen LogP contribution in [0.3, 0.4) is 0 Å². The molecule has 4 rings (SSSR count). The van der Waals surface area contributed by atoms with Crippen LogP contribution >= 0.6 is 11.6 Å². The molecule has 1 aliphatic heterocycles. The number of allylic oxidation sites excluding steroid dienone is 2. The summed E-state index contributed by atoms with van der Waals surface area (Å²) in [7, 11) is 0. The number of nitrogens with one attached hydrogen (secondary N) is 1. The zero-order valence-corrected chi connectivity index (χ0v) is 18.5. The van der Waals surface area contributed by atoms with Crippen LogP contribution in [0.2, 0.25) is 5.02 Å². The highest BCUT2D eigenvalue weighted by Crippen LogP contribution is 2.37. The lowest BCUT2D eigenvalue weighted by atomic mass is 9.96.